The summed E-state index contributed by atoms with van der Waals surface area (Å²) in [5, 5.41) is 5.03. The van der Waals surface area contributed by atoms with Crippen molar-refractivity contribution in [2.24, 2.45) is 0 Å². The van der Waals surface area contributed by atoms with Gasteiger partial charge in [-0.1, -0.05) is 17.7 Å². The van der Waals surface area contributed by atoms with Gasteiger partial charge in [-0.3, -0.25) is 14.4 Å². The quantitative estimate of drug-likeness (QED) is 0.536. The van der Waals surface area contributed by atoms with Crippen LogP contribution in [0.25, 0.3) is 0 Å². The van der Waals surface area contributed by atoms with Gasteiger partial charge in [0.15, 0.2) is 6.61 Å². The molecule has 0 saturated heterocycles. The van der Waals surface area contributed by atoms with Crippen LogP contribution in [0.4, 0.5) is 14.5 Å². The number of rotatable bonds is 8. The second-order valence-electron chi connectivity index (χ2n) is 6.06. The second-order valence-corrected chi connectivity index (χ2v) is 6.06. The lowest BCUT2D eigenvalue weighted by Crippen LogP contribution is -2.26. The highest BCUT2D eigenvalue weighted by Crippen LogP contribution is 2.10. The molecule has 0 heterocycles. The van der Waals surface area contributed by atoms with Crippen molar-refractivity contribution < 1.29 is 27.9 Å². The second kappa shape index (κ2) is 10.1. The molecule has 0 radical (unpaired) electrons. The lowest BCUT2D eigenvalue weighted by Gasteiger charge is -2.08. The highest BCUT2D eigenvalue weighted by Gasteiger charge is 2.12. The highest BCUT2D eigenvalue weighted by molar-refractivity contribution is 5.94. The van der Waals surface area contributed by atoms with Crippen molar-refractivity contribution >= 4 is 23.5 Å². The Morgan fingerprint density at radius 3 is 2.43 bits per heavy atom. The maximum absolute atomic E-state index is 13.5. The van der Waals surface area contributed by atoms with Gasteiger partial charge in [-0.2, -0.15) is 0 Å². The van der Waals surface area contributed by atoms with Crippen molar-refractivity contribution in [1.29, 1.82) is 0 Å². The Hall–Kier alpha value is -3.29. The van der Waals surface area contributed by atoms with E-state index in [0.29, 0.717) is 11.8 Å². The SMILES string of the molecule is Cc1ccc(NC(=O)COC(=O)CCCNC(=O)c2ccc(F)cc2F)cc1. The zero-order valence-corrected chi connectivity index (χ0v) is 15.3. The van der Waals surface area contributed by atoms with Crippen LogP contribution in [0, 0.1) is 18.6 Å². The van der Waals surface area contributed by atoms with Gasteiger partial charge >= 0.3 is 5.97 Å². The molecule has 0 aliphatic heterocycles. The summed E-state index contributed by atoms with van der Waals surface area (Å²) in [6.45, 7) is 1.60. The number of ether oxygens (including phenoxy) is 1. The van der Waals surface area contributed by atoms with E-state index in [2.05, 4.69) is 10.6 Å². The van der Waals surface area contributed by atoms with Gasteiger partial charge in [0, 0.05) is 24.7 Å². The Morgan fingerprint density at radius 2 is 1.75 bits per heavy atom. The molecule has 0 bridgehead atoms. The summed E-state index contributed by atoms with van der Waals surface area (Å²) >= 11 is 0. The smallest absolute Gasteiger partial charge is 0.306 e. The predicted octanol–water partition coefficient (Wildman–Crippen LogP) is 2.97. The molecular formula is C20H20F2N2O4. The molecule has 2 amide bonds. The van der Waals surface area contributed by atoms with Crippen LogP contribution in [0.5, 0.6) is 0 Å². The van der Waals surface area contributed by atoms with E-state index in [9.17, 15) is 23.2 Å². The Bertz CT molecular complexity index is 854. The van der Waals surface area contributed by atoms with Crippen molar-refractivity contribution in [1.82, 2.24) is 5.32 Å². The van der Waals surface area contributed by atoms with Crippen molar-refractivity contribution in [3.8, 4) is 0 Å². The number of hydrogen-bond donors (Lipinski definition) is 2. The minimum Gasteiger partial charge on any atom is -0.456 e. The van der Waals surface area contributed by atoms with Crippen molar-refractivity contribution in [2.45, 2.75) is 19.8 Å². The third kappa shape index (κ3) is 6.79. The normalized spacial score (nSPS) is 10.2. The summed E-state index contributed by atoms with van der Waals surface area (Å²) in [5.41, 5.74) is 1.37. The lowest BCUT2D eigenvalue weighted by molar-refractivity contribution is -0.147. The molecule has 2 N–H and O–H groups in total. The van der Waals surface area contributed by atoms with Gasteiger partial charge < -0.3 is 15.4 Å². The molecule has 2 aromatic rings. The van der Waals surface area contributed by atoms with E-state index in [1.165, 1.54) is 0 Å². The number of anilines is 1. The van der Waals surface area contributed by atoms with Crippen LogP contribution in [0.2, 0.25) is 0 Å². The number of nitrogens with one attached hydrogen (secondary N) is 2. The standard InChI is InChI=1S/C20H20F2N2O4/c1-13-4-7-15(8-5-13)24-18(25)12-28-19(26)3-2-10-23-20(27)16-9-6-14(21)11-17(16)22/h4-9,11H,2-3,10,12H2,1H3,(H,23,27)(H,24,25). The predicted molar refractivity (Wildman–Crippen MR) is 98.7 cm³/mol. The fraction of sp³-hybridized carbons (Fsp3) is 0.250. The highest BCUT2D eigenvalue weighted by atomic mass is 19.1. The van der Waals surface area contributed by atoms with Gasteiger partial charge in [0.1, 0.15) is 11.6 Å². The Morgan fingerprint density at radius 1 is 1.04 bits per heavy atom. The summed E-state index contributed by atoms with van der Waals surface area (Å²) < 4.78 is 31.2. The maximum Gasteiger partial charge on any atom is 0.306 e. The monoisotopic (exact) mass is 390 g/mol. The molecule has 0 aromatic heterocycles. The van der Waals surface area contributed by atoms with Crippen molar-refractivity contribution in [3.05, 3.63) is 65.2 Å². The average Bonchev–Trinajstić information content (AvgIpc) is 2.65. The molecule has 0 aliphatic carbocycles. The van der Waals surface area contributed by atoms with Crippen molar-refractivity contribution in [2.75, 3.05) is 18.5 Å². The molecule has 2 rings (SSSR count). The summed E-state index contributed by atoms with van der Waals surface area (Å²) in [6, 6.07) is 9.80. The van der Waals surface area contributed by atoms with E-state index in [-0.39, 0.29) is 24.9 Å². The molecule has 0 atom stereocenters. The third-order valence-corrected chi connectivity index (χ3v) is 3.72. The Labute approximate surface area is 160 Å². The number of carbonyl (C=O) groups excluding carboxylic acids is 3. The van der Waals surface area contributed by atoms with Gasteiger partial charge in [0.05, 0.1) is 5.56 Å². The Balaban J connectivity index is 1.63. The van der Waals surface area contributed by atoms with Crippen LogP contribution in [0.3, 0.4) is 0 Å². The summed E-state index contributed by atoms with van der Waals surface area (Å²) in [6.07, 6.45) is 0.219. The number of halogens is 2. The first-order chi connectivity index (χ1) is 13.3. The number of benzene rings is 2. The first-order valence-corrected chi connectivity index (χ1v) is 8.60. The average molecular weight is 390 g/mol. The molecule has 0 aliphatic rings. The molecule has 0 saturated carbocycles. The van der Waals surface area contributed by atoms with Crippen molar-refractivity contribution in [3.63, 3.8) is 0 Å². The summed E-state index contributed by atoms with van der Waals surface area (Å²) in [7, 11) is 0. The topological polar surface area (TPSA) is 84.5 Å². The van der Waals surface area contributed by atoms with E-state index in [4.69, 9.17) is 4.74 Å². The number of aryl methyl sites for hydroxylation is 1. The lowest BCUT2D eigenvalue weighted by atomic mass is 10.2. The molecule has 8 heteroatoms. The molecule has 0 spiro atoms. The van der Waals surface area contributed by atoms with Gasteiger partial charge in [-0.15, -0.1) is 0 Å². The van der Waals surface area contributed by atoms with E-state index >= 15 is 0 Å². The molecule has 2 aromatic carbocycles. The third-order valence-electron chi connectivity index (χ3n) is 3.72. The van der Waals surface area contributed by atoms with Gasteiger partial charge in [-0.05, 0) is 37.6 Å². The van der Waals surface area contributed by atoms with Crippen LogP contribution in [0.1, 0.15) is 28.8 Å². The molecule has 0 fully saturated rings. The largest absolute Gasteiger partial charge is 0.456 e. The zero-order chi connectivity index (χ0) is 20.5. The number of amides is 2. The van der Waals surface area contributed by atoms with Crippen LogP contribution in [-0.4, -0.2) is 30.9 Å². The fourth-order valence-corrected chi connectivity index (χ4v) is 2.26. The summed E-state index contributed by atoms with van der Waals surface area (Å²) in [5.74, 6) is -3.50. The van der Waals surface area contributed by atoms with E-state index < -0.39 is 36.0 Å². The molecule has 6 nitrogen and oxygen atoms in total. The maximum atomic E-state index is 13.5. The summed E-state index contributed by atoms with van der Waals surface area (Å²) in [4.78, 5) is 35.1. The number of carbonyl (C=O) groups is 3. The van der Waals surface area contributed by atoms with E-state index in [1.54, 1.807) is 12.1 Å². The van der Waals surface area contributed by atoms with Crippen LogP contribution in [-0.2, 0) is 14.3 Å². The molecule has 28 heavy (non-hydrogen) atoms. The van der Waals surface area contributed by atoms with Gasteiger partial charge in [0.25, 0.3) is 11.8 Å². The van der Waals surface area contributed by atoms with Crippen LogP contribution < -0.4 is 10.6 Å². The molecular weight excluding hydrogens is 370 g/mol. The minimum atomic E-state index is -0.962. The molecule has 0 unspecified atom stereocenters. The minimum absolute atomic E-state index is 0.0238. The van der Waals surface area contributed by atoms with E-state index in [1.807, 2.05) is 19.1 Å². The number of hydrogen-bond acceptors (Lipinski definition) is 4. The zero-order valence-electron chi connectivity index (χ0n) is 15.3. The van der Waals surface area contributed by atoms with Gasteiger partial charge in [0.2, 0.25) is 0 Å². The first kappa shape index (κ1) is 21.0. The molecule has 148 valence electrons. The van der Waals surface area contributed by atoms with Crippen LogP contribution in [0.15, 0.2) is 42.5 Å². The van der Waals surface area contributed by atoms with Gasteiger partial charge in [-0.25, -0.2) is 8.78 Å². The Kier molecular flexibility index (Phi) is 7.62. The fourth-order valence-electron chi connectivity index (χ4n) is 2.26. The van der Waals surface area contributed by atoms with Crippen LogP contribution >= 0.6 is 0 Å². The first-order valence-electron chi connectivity index (χ1n) is 8.60. The number of esters is 1. The van der Waals surface area contributed by atoms with E-state index in [0.717, 1.165) is 17.7 Å².